The molecule has 2 bridgehead atoms. The summed E-state index contributed by atoms with van der Waals surface area (Å²) in [7, 11) is -5.09. The predicted octanol–water partition coefficient (Wildman–Crippen LogP) is 3.08. The van der Waals surface area contributed by atoms with E-state index < -0.39 is 124 Å². The van der Waals surface area contributed by atoms with E-state index in [0.29, 0.717) is 40.3 Å². The largest absolute Gasteiger partial charge is 0.508 e. The van der Waals surface area contributed by atoms with Crippen LogP contribution in [0.1, 0.15) is 136 Å². The molecule has 2 aliphatic heterocycles. The molecule has 1 aromatic carbocycles. The summed E-state index contributed by atoms with van der Waals surface area (Å²) in [5.74, 6) is -8.96. The molecule has 0 aliphatic carbocycles. The molecule has 5 rings (SSSR count). The van der Waals surface area contributed by atoms with Crippen LogP contribution in [-0.4, -0.2) is 141 Å². The molecule has 80 heavy (non-hydrogen) atoms. The Morgan fingerprint density at radius 2 is 1.61 bits per heavy atom. The Morgan fingerprint density at radius 3 is 2.27 bits per heavy atom. The van der Waals surface area contributed by atoms with E-state index in [0.717, 1.165) is 6.08 Å². The number of carbonyl (C=O) groups excluding carboxylic acids is 9. The number of fused-ring (bicyclic) bond motifs is 4. The Balaban J connectivity index is 1.48. The first-order valence-corrected chi connectivity index (χ1v) is 29.1. The highest BCUT2D eigenvalue weighted by molar-refractivity contribution is 9.10. The molecule has 25 nitrogen and oxygen atoms in total. The van der Waals surface area contributed by atoms with Crippen molar-refractivity contribution in [2.75, 3.05) is 13.1 Å². The van der Waals surface area contributed by atoms with E-state index >= 15 is 0 Å². The highest BCUT2D eigenvalue weighted by Gasteiger charge is 2.41. The number of phenolic OH excluding ortho intramolecular Hbond substituents is 1. The maximum Gasteiger partial charge on any atom is 0.398 e. The van der Waals surface area contributed by atoms with Crippen LogP contribution in [-0.2, 0) is 64.2 Å². The van der Waals surface area contributed by atoms with Gasteiger partial charge < -0.3 is 56.6 Å². The fraction of sp³-hybridized carbons (Fsp3) is 0.585. The Morgan fingerprint density at radius 1 is 0.900 bits per heavy atom. The lowest BCUT2D eigenvalue weighted by Crippen LogP contribution is -2.60. The van der Waals surface area contributed by atoms with Gasteiger partial charge >= 0.3 is 10.4 Å². The number of carbonyl (C=O) groups is 9. The summed E-state index contributed by atoms with van der Waals surface area (Å²) in [6.45, 7) is 13.4. The number of oxazole rings is 1. The normalized spacial score (nSPS) is 22.6. The molecule has 2 aliphatic rings. The van der Waals surface area contributed by atoms with Crippen LogP contribution in [0.4, 0.5) is 0 Å². The molecule has 0 spiro atoms. The zero-order chi connectivity index (χ0) is 59.2. The van der Waals surface area contributed by atoms with Crippen molar-refractivity contribution >= 4 is 96.3 Å². The highest BCUT2D eigenvalue weighted by atomic mass is 79.9. The second-order valence-electron chi connectivity index (χ2n) is 20.8. The smallest absolute Gasteiger partial charge is 0.398 e. The summed E-state index contributed by atoms with van der Waals surface area (Å²) in [6, 6.07) is -4.06. The third-order valence-electron chi connectivity index (χ3n) is 14.2. The van der Waals surface area contributed by atoms with Gasteiger partial charge in [-0.2, -0.15) is 8.42 Å². The van der Waals surface area contributed by atoms with E-state index in [2.05, 4.69) is 63.1 Å². The minimum Gasteiger partial charge on any atom is -0.508 e. The van der Waals surface area contributed by atoms with Gasteiger partial charge in [0.2, 0.25) is 47.1 Å². The van der Waals surface area contributed by atoms with Crippen molar-refractivity contribution in [3.05, 3.63) is 52.3 Å². The van der Waals surface area contributed by atoms with Crippen LogP contribution in [0.2, 0.25) is 0 Å². The highest BCUT2D eigenvalue weighted by Crippen LogP contribution is 2.31. The standard InChI is InChI=1S/C53H75BrN10O15S/c1-9-14-36(60-49(71)42(28(6)10-2)63-51(73)44(29(7)11-3)79-80(75,76)77)47(69)61-37-15-12-21-55-46(68)39(25-34-33-24-32(65)18-19-35(33)59-45(34)54)58-41(66)20-17-31-26-78-52(57-31)30(8)56-50(72)43(67)38(23-27(4)5)62-48(70)40-16-13-22-64(40)53(37)74/h17-20,24,26-30,36-40,42,44,59,65H,9-16,21-23,25H2,1-8H3,(H,55,68)(H,56,72)(H,58,66)(H,60,71)(H,61,69)(H,62,70)(H,63,73)(H,75,76,77)/b20-17+/t28?,29-,30-,36-,37-,38-,39-,40-,42-,44-/m0/s1. The van der Waals surface area contributed by atoms with Crippen molar-refractivity contribution in [3.8, 4) is 5.75 Å². The maximum atomic E-state index is 14.9. The van der Waals surface area contributed by atoms with E-state index in [1.54, 1.807) is 47.6 Å². The third kappa shape index (κ3) is 17.6. The molecule has 1 fully saturated rings. The molecule has 440 valence electrons. The maximum absolute atomic E-state index is 14.9. The fourth-order valence-corrected chi connectivity index (χ4v) is 10.5. The monoisotopic (exact) mass is 1200 g/mol. The molecular weight excluding hydrogens is 1130 g/mol. The first kappa shape index (κ1) is 64.1. The Kier molecular flexibility index (Phi) is 23.4. The van der Waals surface area contributed by atoms with Crippen LogP contribution in [0.25, 0.3) is 17.0 Å². The first-order chi connectivity index (χ1) is 37.7. The summed E-state index contributed by atoms with van der Waals surface area (Å²) in [5, 5.41) is 29.7. The van der Waals surface area contributed by atoms with Gasteiger partial charge in [-0.05, 0) is 109 Å². The molecule has 0 saturated carbocycles. The summed E-state index contributed by atoms with van der Waals surface area (Å²) < 4.78 is 43.7. The van der Waals surface area contributed by atoms with Gasteiger partial charge in [-0.25, -0.2) is 9.17 Å². The number of hydrogen-bond donors (Lipinski definition) is 10. The molecule has 27 heteroatoms. The van der Waals surface area contributed by atoms with E-state index in [1.807, 2.05) is 0 Å². The number of aromatic nitrogens is 2. The number of aromatic hydroxyl groups is 1. The minimum absolute atomic E-state index is 0.0130. The number of ketones is 1. The van der Waals surface area contributed by atoms with Crippen LogP contribution in [0.3, 0.4) is 0 Å². The lowest BCUT2D eigenvalue weighted by Gasteiger charge is -2.31. The molecule has 3 aromatic rings. The molecule has 1 unspecified atom stereocenters. The van der Waals surface area contributed by atoms with Gasteiger partial charge in [-0.15, -0.1) is 0 Å². The number of Topliss-reactive ketones (excluding diaryl/α,β-unsaturated/α-hetero) is 1. The van der Waals surface area contributed by atoms with Gasteiger partial charge in [0.05, 0.1) is 10.6 Å². The molecule has 4 heterocycles. The van der Waals surface area contributed by atoms with Crippen molar-refractivity contribution in [1.82, 2.24) is 52.1 Å². The number of nitrogens with zero attached hydrogens (tertiary/aromatic N) is 2. The average molecular weight is 1200 g/mol. The third-order valence-corrected chi connectivity index (χ3v) is 15.3. The summed E-state index contributed by atoms with van der Waals surface area (Å²) in [6.07, 6.45) is 3.30. The van der Waals surface area contributed by atoms with Crippen molar-refractivity contribution in [1.29, 1.82) is 0 Å². The van der Waals surface area contributed by atoms with Gasteiger partial charge in [-0.1, -0.05) is 67.7 Å². The van der Waals surface area contributed by atoms with Crippen LogP contribution in [0.15, 0.2) is 39.6 Å². The van der Waals surface area contributed by atoms with Crippen LogP contribution < -0.4 is 37.2 Å². The van der Waals surface area contributed by atoms with Crippen LogP contribution in [0.5, 0.6) is 5.75 Å². The number of benzene rings is 1. The van der Waals surface area contributed by atoms with Gasteiger partial charge in [0.25, 0.3) is 11.8 Å². The summed E-state index contributed by atoms with van der Waals surface area (Å²) in [5.41, 5.74) is 1.34. The molecule has 1 saturated heterocycles. The zero-order valence-electron chi connectivity index (χ0n) is 46.2. The van der Waals surface area contributed by atoms with Crippen molar-refractivity contribution in [2.45, 2.75) is 168 Å². The lowest BCUT2D eigenvalue weighted by atomic mass is 9.95. The second-order valence-corrected chi connectivity index (χ2v) is 22.7. The molecule has 10 atom stereocenters. The van der Waals surface area contributed by atoms with E-state index in [1.165, 1.54) is 43.2 Å². The number of nitrogens with one attached hydrogen (secondary N) is 8. The Labute approximate surface area is 473 Å². The predicted molar refractivity (Wildman–Crippen MR) is 295 cm³/mol. The molecule has 10 N–H and O–H groups in total. The van der Waals surface area contributed by atoms with Crippen molar-refractivity contribution < 1.29 is 69.8 Å². The van der Waals surface area contributed by atoms with E-state index in [4.69, 9.17) is 8.60 Å². The SMILES string of the molecule is CCC[C@H](NC(=O)[C@@H](NC(=O)[C@@H](OS(=O)(=O)O)[C@@H](C)CC)C(C)CC)C(=O)N[C@H]1CCCNC(=O)[C@H](Cc2c(Br)[nH]c3ccc(O)cc23)NC(=O)/C=C/c2coc(n2)[C@H](C)NC(=O)C(=O)[C@H](CC(C)C)NC(=O)[C@@H]2CCCN2C1=O. The summed E-state index contributed by atoms with van der Waals surface area (Å²) in [4.78, 5) is 135. The van der Waals surface area contributed by atoms with Crippen molar-refractivity contribution in [3.63, 3.8) is 0 Å². The number of rotatable bonds is 18. The number of aromatic amines is 1. The molecule has 8 amide bonds. The molecule has 0 radical (unpaired) electrons. The Hall–Kier alpha value is -6.71. The quantitative estimate of drug-likeness (QED) is 0.0646. The number of halogens is 1. The number of phenols is 1. The molecule has 2 aromatic heterocycles. The Bertz CT molecular complexity index is 2890. The lowest BCUT2D eigenvalue weighted by molar-refractivity contribution is -0.144. The van der Waals surface area contributed by atoms with Gasteiger partial charge in [0.1, 0.15) is 54.0 Å². The first-order valence-electron chi connectivity index (χ1n) is 27.0. The van der Waals surface area contributed by atoms with E-state index in [-0.39, 0.29) is 81.3 Å². The van der Waals surface area contributed by atoms with Gasteiger partial charge in [0, 0.05) is 36.5 Å². The van der Waals surface area contributed by atoms with Crippen LogP contribution >= 0.6 is 15.9 Å². The van der Waals surface area contributed by atoms with Crippen LogP contribution in [0, 0.1) is 17.8 Å². The number of H-pyrrole nitrogens is 1. The van der Waals surface area contributed by atoms with Crippen molar-refractivity contribution in [2.24, 2.45) is 17.8 Å². The fourth-order valence-electron chi connectivity index (χ4n) is 9.40. The van der Waals surface area contributed by atoms with E-state index in [9.17, 15) is 61.2 Å². The molecular formula is C53H75BrN10O15S. The summed E-state index contributed by atoms with van der Waals surface area (Å²) >= 11 is 3.50. The number of hydrogen-bond acceptors (Lipinski definition) is 15. The van der Waals surface area contributed by atoms with Gasteiger partial charge in [0.15, 0.2) is 6.10 Å². The topological polar surface area (TPSA) is 367 Å². The second kappa shape index (κ2) is 29.1. The number of amides is 8. The zero-order valence-corrected chi connectivity index (χ0v) is 48.6. The minimum atomic E-state index is -5.09. The van der Waals surface area contributed by atoms with Gasteiger partial charge in [-0.3, -0.25) is 47.7 Å². The average Bonchev–Trinajstić information content (AvgIpc) is 4.17.